The lowest BCUT2D eigenvalue weighted by Crippen LogP contribution is -2.09. The molecule has 3 aromatic carbocycles. The average Bonchev–Trinajstić information content (AvgIpc) is 3.52. The number of hydrogen-bond acceptors (Lipinski definition) is 6. The van der Waals surface area contributed by atoms with E-state index >= 15 is 0 Å². The van der Waals surface area contributed by atoms with Gasteiger partial charge in [-0.1, -0.05) is 18.2 Å². The molecule has 0 unspecified atom stereocenters. The number of rotatable bonds is 8. The van der Waals surface area contributed by atoms with Gasteiger partial charge in [0, 0.05) is 27.5 Å². The number of aliphatic hydroxyl groups is 1. The van der Waals surface area contributed by atoms with Gasteiger partial charge in [-0.25, -0.2) is 0 Å². The zero-order chi connectivity index (χ0) is 23.5. The van der Waals surface area contributed by atoms with Crippen LogP contribution in [0.25, 0.3) is 33.1 Å². The van der Waals surface area contributed by atoms with E-state index in [0.717, 1.165) is 49.8 Å². The van der Waals surface area contributed by atoms with Crippen molar-refractivity contribution in [3.63, 3.8) is 0 Å². The summed E-state index contributed by atoms with van der Waals surface area (Å²) in [6.07, 6.45) is 3.45. The highest BCUT2D eigenvalue weighted by Gasteiger charge is 2.16. The first-order valence-electron chi connectivity index (χ1n) is 11.1. The van der Waals surface area contributed by atoms with Crippen LogP contribution in [0, 0.1) is 0 Å². The molecule has 5 rings (SSSR count). The predicted molar refractivity (Wildman–Crippen MR) is 128 cm³/mol. The van der Waals surface area contributed by atoms with Crippen LogP contribution >= 0.6 is 0 Å². The summed E-state index contributed by atoms with van der Waals surface area (Å²) in [5.41, 5.74) is 5.67. The zero-order valence-corrected chi connectivity index (χ0v) is 18.7. The molecule has 0 aliphatic heterocycles. The maximum absolute atomic E-state index is 12.0. The van der Waals surface area contributed by atoms with Crippen LogP contribution in [0.5, 0.6) is 5.75 Å². The zero-order valence-electron chi connectivity index (χ0n) is 18.7. The Morgan fingerprint density at radius 3 is 2.21 bits per heavy atom. The Hall–Kier alpha value is -4.03. The molecule has 0 bridgehead atoms. The number of hydrogen-bond donors (Lipinski definition) is 1. The lowest BCUT2D eigenvalue weighted by Gasteiger charge is -2.13. The minimum atomic E-state index is -0.285. The van der Waals surface area contributed by atoms with Gasteiger partial charge in [-0.15, -0.1) is 0 Å². The van der Waals surface area contributed by atoms with E-state index in [1.54, 1.807) is 19.5 Å². The summed E-state index contributed by atoms with van der Waals surface area (Å²) in [4.78, 5) is 12.0. The second-order valence-electron chi connectivity index (χ2n) is 8.00. The Bertz CT molecular complexity index is 1460. The molecular weight excluding hydrogens is 432 g/mol. The minimum absolute atomic E-state index is 0.0739. The Balaban J connectivity index is 1.50. The van der Waals surface area contributed by atoms with Crippen molar-refractivity contribution in [1.82, 2.24) is 0 Å². The van der Waals surface area contributed by atoms with E-state index in [0.29, 0.717) is 19.0 Å². The van der Waals surface area contributed by atoms with Gasteiger partial charge in [-0.2, -0.15) is 0 Å². The summed E-state index contributed by atoms with van der Waals surface area (Å²) >= 11 is 0. The average molecular weight is 456 g/mol. The summed E-state index contributed by atoms with van der Waals surface area (Å²) in [5, 5.41) is 11.6. The summed E-state index contributed by atoms with van der Waals surface area (Å²) in [6.45, 7) is 2.36. The van der Waals surface area contributed by atoms with Gasteiger partial charge in [0.25, 0.3) is 0 Å². The van der Waals surface area contributed by atoms with Crippen molar-refractivity contribution >= 4 is 27.9 Å². The highest BCUT2D eigenvalue weighted by Crippen LogP contribution is 2.37. The van der Waals surface area contributed by atoms with Gasteiger partial charge < -0.3 is 23.4 Å². The van der Waals surface area contributed by atoms with E-state index in [1.807, 2.05) is 60.7 Å². The molecule has 0 saturated heterocycles. The fraction of sp³-hybridized carbons (Fsp3) is 0.179. The molecule has 1 N–H and O–H groups in total. The van der Waals surface area contributed by atoms with E-state index in [9.17, 15) is 9.90 Å². The quantitative estimate of drug-likeness (QED) is 0.287. The summed E-state index contributed by atoms with van der Waals surface area (Å²) < 4.78 is 22.8. The fourth-order valence-electron chi connectivity index (χ4n) is 4.18. The van der Waals surface area contributed by atoms with Gasteiger partial charge >= 0.3 is 5.97 Å². The van der Waals surface area contributed by atoms with E-state index in [2.05, 4.69) is 0 Å². The summed E-state index contributed by atoms with van der Waals surface area (Å²) in [6, 6.07) is 19.1. The van der Waals surface area contributed by atoms with Crippen LogP contribution in [0.4, 0.5) is 0 Å². The van der Waals surface area contributed by atoms with Crippen LogP contribution in [0.3, 0.4) is 0 Å². The second kappa shape index (κ2) is 9.45. The summed E-state index contributed by atoms with van der Waals surface area (Å²) in [5.74, 6) is 0.354. The number of fused-ring (bicyclic) bond motifs is 2. The third kappa shape index (κ3) is 4.28. The Morgan fingerprint density at radius 1 is 0.882 bits per heavy atom. The van der Waals surface area contributed by atoms with Crippen molar-refractivity contribution in [2.24, 2.45) is 0 Å². The van der Waals surface area contributed by atoms with E-state index in [4.69, 9.17) is 18.3 Å². The second-order valence-corrected chi connectivity index (χ2v) is 8.00. The maximum Gasteiger partial charge on any atom is 0.310 e. The monoisotopic (exact) mass is 456 g/mol. The normalized spacial score (nSPS) is 11.2. The molecule has 2 heterocycles. The number of aliphatic hydroxyl groups excluding tert-OH is 1. The van der Waals surface area contributed by atoms with E-state index < -0.39 is 0 Å². The van der Waals surface area contributed by atoms with Crippen LogP contribution in [0.15, 0.2) is 82.0 Å². The first kappa shape index (κ1) is 21.8. The lowest BCUT2D eigenvalue weighted by molar-refractivity contribution is -0.142. The third-order valence-corrected chi connectivity index (χ3v) is 5.70. The third-order valence-electron chi connectivity index (χ3n) is 5.70. The van der Waals surface area contributed by atoms with E-state index in [-0.39, 0.29) is 19.0 Å². The molecule has 0 saturated carbocycles. The van der Waals surface area contributed by atoms with Crippen molar-refractivity contribution < 1.29 is 28.2 Å². The molecule has 2 aromatic heterocycles. The minimum Gasteiger partial charge on any atom is -0.489 e. The molecule has 6 nitrogen and oxygen atoms in total. The van der Waals surface area contributed by atoms with Gasteiger partial charge in [-0.3, -0.25) is 4.79 Å². The van der Waals surface area contributed by atoms with Crippen molar-refractivity contribution in [3.05, 3.63) is 89.9 Å². The molecule has 0 amide bonds. The molecule has 0 aliphatic rings. The number of carbonyl (C=O) groups excluding carboxylic acids is 1. The van der Waals surface area contributed by atoms with Gasteiger partial charge in [0.2, 0.25) is 0 Å². The standard InChI is InChI=1S/C28H24O6/c1-2-31-26(30)15-20-5-3-4-6-25(20)34-17-19-12-22-8-10-33-28(22)24(14-19)23-13-18(16-29)11-21-7-9-32-27(21)23/h3-14,29H,2,15-17H2,1H3. The topological polar surface area (TPSA) is 82.0 Å². The molecule has 0 fully saturated rings. The number of ether oxygens (including phenoxy) is 2. The molecule has 0 spiro atoms. The molecule has 0 atom stereocenters. The Morgan fingerprint density at radius 2 is 1.53 bits per heavy atom. The van der Waals surface area contributed by atoms with Gasteiger partial charge in [0.15, 0.2) is 0 Å². The fourth-order valence-corrected chi connectivity index (χ4v) is 4.18. The number of esters is 1. The number of benzene rings is 3. The van der Waals surface area contributed by atoms with Crippen LogP contribution in [0.2, 0.25) is 0 Å². The molecule has 5 aromatic rings. The Kier molecular flexibility index (Phi) is 6.06. The highest BCUT2D eigenvalue weighted by molar-refractivity contribution is 6.01. The van der Waals surface area contributed by atoms with Crippen molar-refractivity contribution in [3.8, 4) is 16.9 Å². The van der Waals surface area contributed by atoms with Gasteiger partial charge in [0.1, 0.15) is 23.5 Å². The molecule has 0 radical (unpaired) electrons. The van der Waals surface area contributed by atoms with Crippen LogP contribution in [0.1, 0.15) is 23.6 Å². The molecule has 0 aliphatic carbocycles. The maximum atomic E-state index is 12.0. The smallest absolute Gasteiger partial charge is 0.310 e. The molecular formula is C28H24O6. The number of furan rings is 2. The number of para-hydroxylation sites is 1. The summed E-state index contributed by atoms with van der Waals surface area (Å²) in [7, 11) is 0. The van der Waals surface area contributed by atoms with Crippen LogP contribution in [-0.4, -0.2) is 17.7 Å². The largest absolute Gasteiger partial charge is 0.489 e. The van der Waals surface area contributed by atoms with Gasteiger partial charge in [0.05, 0.1) is 32.2 Å². The van der Waals surface area contributed by atoms with Crippen molar-refractivity contribution in [2.75, 3.05) is 6.61 Å². The highest BCUT2D eigenvalue weighted by atomic mass is 16.5. The molecule has 172 valence electrons. The molecule has 34 heavy (non-hydrogen) atoms. The Labute approximate surface area is 196 Å². The predicted octanol–water partition coefficient (Wildman–Crippen LogP) is 6.02. The van der Waals surface area contributed by atoms with Crippen LogP contribution < -0.4 is 4.74 Å². The molecule has 6 heteroatoms. The number of carbonyl (C=O) groups is 1. The first-order chi connectivity index (χ1) is 16.7. The van der Waals surface area contributed by atoms with Crippen molar-refractivity contribution in [1.29, 1.82) is 0 Å². The first-order valence-corrected chi connectivity index (χ1v) is 11.1. The van der Waals surface area contributed by atoms with Crippen LogP contribution in [-0.2, 0) is 29.2 Å². The SMILES string of the molecule is CCOC(=O)Cc1ccccc1OCc1cc(-c2cc(CO)cc3ccoc23)c2occc2c1. The van der Waals surface area contributed by atoms with E-state index in [1.165, 1.54) is 0 Å². The van der Waals surface area contributed by atoms with Gasteiger partial charge in [-0.05, 0) is 60.5 Å². The lowest BCUT2D eigenvalue weighted by atomic mass is 9.97. The van der Waals surface area contributed by atoms with Crippen molar-refractivity contribution in [2.45, 2.75) is 26.6 Å².